The molecule has 34 heavy (non-hydrogen) atoms. The SMILES string of the molecule is COc1ccnc(C(=O)N[C@H]2CO[C@H](C)[C@H]3OC(C)(C)O[C@@H]3[C@@H](C)OC2=O)c1OCOC(C)=O. The van der Waals surface area contributed by atoms with Gasteiger partial charge in [0.2, 0.25) is 6.79 Å². The second-order valence-corrected chi connectivity index (χ2v) is 8.36. The molecule has 0 saturated carbocycles. The van der Waals surface area contributed by atoms with E-state index in [0.717, 1.165) is 0 Å². The van der Waals surface area contributed by atoms with Gasteiger partial charge in [-0.25, -0.2) is 9.78 Å². The van der Waals surface area contributed by atoms with Crippen molar-refractivity contribution < 1.29 is 47.5 Å². The summed E-state index contributed by atoms with van der Waals surface area (Å²) in [6.45, 7) is 7.64. The zero-order chi connectivity index (χ0) is 25.0. The van der Waals surface area contributed by atoms with Crippen LogP contribution in [0.2, 0.25) is 0 Å². The van der Waals surface area contributed by atoms with Crippen LogP contribution in [-0.4, -0.2) is 79.6 Å². The number of hydrogen-bond acceptors (Lipinski definition) is 11. The van der Waals surface area contributed by atoms with Crippen molar-refractivity contribution in [2.24, 2.45) is 0 Å². The van der Waals surface area contributed by atoms with Crippen LogP contribution in [-0.2, 0) is 33.3 Å². The van der Waals surface area contributed by atoms with E-state index in [9.17, 15) is 14.4 Å². The minimum absolute atomic E-state index is 0.0543. The van der Waals surface area contributed by atoms with E-state index in [-0.39, 0.29) is 23.8 Å². The summed E-state index contributed by atoms with van der Waals surface area (Å²) in [6.07, 6.45) is -0.758. The van der Waals surface area contributed by atoms with Gasteiger partial charge in [-0.2, -0.15) is 0 Å². The Bertz CT molecular complexity index is 921. The van der Waals surface area contributed by atoms with Crippen LogP contribution in [0.25, 0.3) is 0 Å². The van der Waals surface area contributed by atoms with Crippen molar-refractivity contribution in [1.82, 2.24) is 10.3 Å². The molecule has 5 atom stereocenters. The lowest BCUT2D eigenvalue weighted by molar-refractivity contribution is -0.176. The number of nitrogens with one attached hydrogen (secondary N) is 1. The number of methoxy groups -OCH3 is 1. The van der Waals surface area contributed by atoms with Crippen LogP contribution in [0.5, 0.6) is 11.5 Å². The predicted octanol–water partition coefficient (Wildman–Crippen LogP) is 0.958. The number of pyridine rings is 1. The molecule has 2 fully saturated rings. The largest absolute Gasteiger partial charge is 0.493 e. The van der Waals surface area contributed by atoms with E-state index in [1.165, 1.54) is 26.3 Å². The molecule has 0 radical (unpaired) electrons. The Labute approximate surface area is 197 Å². The molecule has 1 aromatic rings. The monoisotopic (exact) mass is 482 g/mol. The third-order valence-corrected chi connectivity index (χ3v) is 5.28. The maximum absolute atomic E-state index is 13.0. The molecule has 12 nitrogen and oxygen atoms in total. The molecule has 1 N–H and O–H groups in total. The van der Waals surface area contributed by atoms with Gasteiger partial charge in [0.1, 0.15) is 18.3 Å². The fourth-order valence-corrected chi connectivity index (χ4v) is 3.68. The summed E-state index contributed by atoms with van der Waals surface area (Å²) in [5, 5.41) is 2.57. The third-order valence-electron chi connectivity index (χ3n) is 5.28. The Morgan fingerprint density at radius 2 is 1.88 bits per heavy atom. The molecule has 2 aliphatic rings. The second kappa shape index (κ2) is 10.5. The van der Waals surface area contributed by atoms with Crippen LogP contribution in [0.15, 0.2) is 12.3 Å². The van der Waals surface area contributed by atoms with Crippen LogP contribution in [0, 0.1) is 0 Å². The summed E-state index contributed by atoms with van der Waals surface area (Å²) in [5.41, 5.74) is -0.175. The number of carbonyl (C=O) groups excluding carboxylic acids is 3. The normalized spacial score (nSPS) is 28.4. The first-order valence-corrected chi connectivity index (χ1v) is 10.8. The van der Waals surface area contributed by atoms with Crippen molar-refractivity contribution in [2.75, 3.05) is 20.5 Å². The number of amides is 1. The van der Waals surface area contributed by atoms with Gasteiger partial charge in [0.25, 0.3) is 5.91 Å². The lowest BCUT2D eigenvalue weighted by Gasteiger charge is -2.25. The molecule has 2 saturated heterocycles. The van der Waals surface area contributed by atoms with Crippen molar-refractivity contribution in [2.45, 2.75) is 70.9 Å². The highest BCUT2D eigenvalue weighted by atomic mass is 16.8. The lowest BCUT2D eigenvalue weighted by atomic mass is 10.1. The lowest BCUT2D eigenvalue weighted by Crippen LogP contribution is -2.46. The number of rotatable bonds is 6. The molecule has 1 amide bonds. The zero-order valence-electron chi connectivity index (χ0n) is 20.0. The third kappa shape index (κ3) is 5.93. The highest BCUT2D eigenvalue weighted by Crippen LogP contribution is 2.34. The smallest absolute Gasteiger partial charge is 0.331 e. The fraction of sp³-hybridized carbons (Fsp3) is 0.636. The number of ether oxygens (including phenoxy) is 7. The maximum atomic E-state index is 13.0. The first kappa shape index (κ1) is 25.7. The maximum Gasteiger partial charge on any atom is 0.331 e. The van der Waals surface area contributed by atoms with Crippen molar-refractivity contribution in [3.63, 3.8) is 0 Å². The van der Waals surface area contributed by atoms with Gasteiger partial charge in [0.15, 0.2) is 29.0 Å². The van der Waals surface area contributed by atoms with E-state index in [2.05, 4.69) is 10.3 Å². The van der Waals surface area contributed by atoms with Crippen molar-refractivity contribution in [3.05, 3.63) is 18.0 Å². The summed E-state index contributed by atoms with van der Waals surface area (Å²) in [5.74, 6) is -2.72. The van der Waals surface area contributed by atoms with Gasteiger partial charge in [-0.15, -0.1) is 0 Å². The van der Waals surface area contributed by atoms with Gasteiger partial charge in [-0.1, -0.05) is 0 Å². The molecule has 0 spiro atoms. The summed E-state index contributed by atoms with van der Waals surface area (Å²) in [4.78, 5) is 41.0. The molecule has 1 aromatic heterocycles. The first-order valence-electron chi connectivity index (χ1n) is 10.8. The summed E-state index contributed by atoms with van der Waals surface area (Å²) in [6, 6.07) is 0.333. The average molecular weight is 482 g/mol. The van der Waals surface area contributed by atoms with Gasteiger partial charge in [0, 0.05) is 19.2 Å². The molecule has 0 aliphatic carbocycles. The van der Waals surface area contributed by atoms with Crippen molar-refractivity contribution >= 4 is 17.8 Å². The number of cyclic esters (lactones) is 1. The van der Waals surface area contributed by atoms with E-state index in [1.807, 2.05) is 0 Å². The van der Waals surface area contributed by atoms with E-state index in [0.29, 0.717) is 0 Å². The molecular weight excluding hydrogens is 452 g/mol. The number of esters is 2. The van der Waals surface area contributed by atoms with Gasteiger partial charge in [-0.3, -0.25) is 9.59 Å². The number of nitrogens with zero attached hydrogens (tertiary/aromatic N) is 1. The first-order chi connectivity index (χ1) is 16.0. The Balaban J connectivity index is 1.77. The standard InChI is InChI=1S/C22H30N2O10/c1-11-17-18(34-22(4,5)33-17)12(2)32-21(27)14(9-29-11)24-20(26)16-19(31-10-30-13(3)25)15(28-6)7-8-23-16/h7-8,11-12,14,17-18H,9-10H2,1-6H3,(H,24,26)/t11-,12-,14+,17-,18-/m1/s1. The second-order valence-electron chi connectivity index (χ2n) is 8.36. The highest BCUT2D eigenvalue weighted by Gasteiger charge is 2.49. The molecular formula is C22H30N2O10. The molecule has 188 valence electrons. The van der Waals surface area contributed by atoms with E-state index in [1.54, 1.807) is 27.7 Å². The molecule has 0 bridgehead atoms. The molecule has 3 rings (SSSR count). The average Bonchev–Trinajstić information content (AvgIpc) is 3.12. The van der Waals surface area contributed by atoms with Gasteiger partial charge in [0.05, 0.1) is 19.8 Å². The van der Waals surface area contributed by atoms with Gasteiger partial charge < -0.3 is 38.5 Å². The minimum Gasteiger partial charge on any atom is -0.493 e. The van der Waals surface area contributed by atoms with E-state index in [4.69, 9.17) is 33.2 Å². The molecule has 0 aromatic carbocycles. The van der Waals surface area contributed by atoms with Crippen LogP contribution in [0.1, 0.15) is 45.1 Å². The quantitative estimate of drug-likeness (QED) is 0.458. The Morgan fingerprint density at radius 1 is 1.21 bits per heavy atom. The number of hydrogen-bond donors (Lipinski definition) is 1. The predicted molar refractivity (Wildman–Crippen MR) is 114 cm³/mol. The number of carbonyl (C=O) groups is 3. The number of fused-ring (bicyclic) bond motifs is 1. The van der Waals surface area contributed by atoms with Crippen LogP contribution < -0.4 is 14.8 Å². The summed E-state index contributed by atoms with van der Waals surface area (Å²) in [7, 11) is 1.38. The van der Waals surface area contributed by atoms with E-state index >= 15 is 0 Å². The Kier molecular flexibility index (Phi) is 7.95. The Morgan fingerprint density at radius 3 is 2.53 bits per heavy atom. The minimum atomic E-state index is -1.14. The van der Waals surface area contributed by atoms with Crippen LogP contribution >= 0.6 is 0 Å². The van der Waals surface area contributed by atoms with Gasteiger partial charge in [-0.05, 0) is 27.7 Å². The van der Waals surface area contributed by atoms with E-state index < -0.39 is 60.9 Å². The molecule has 3 heterocycles. The summed E-state index contributed by atoms with van der Waals surface area (Å²) >= 11 is 0. The fourth-order valence-electron chi connectivity index (χ4n) is 3.68. The molecule has 0 unspecified atom stereocenters. The van der Waals surface area contributed by atoms with Crippen LogP contribution in [0.3, 0.4) is 0 Å². The molecule has 2 aliphatic heterocycles. The Hall–Kier alpha value is -2.96. The summed E-state index contributed by atoms with van der Waals surface area (Å²) < 4.78 is 38.7. The van der Waals surface area contributed by atoms with Crippen molar-refractivity contribution in [1.29, 1.82) is 0 Å². The van der Waals surface area contributed by atoms with Crippen molar-refractivity contribution in [3.8, 4) is 11.5 Å². The highest BCUT2D eigenvalue weighted by molar-refractivity contribution is 5.98. The number of aromatic nitrogens is 1. The molecule has 12 heteroatoms. The topological polar surface area (TPSA) is 141 Å². The van der Waals surface area contributed by atoms with Gasteiger partial charge >= 0.3 is 11.9 Å². The zero-order valence-corrected chi connectivity index (χ0v) is 20.0. The van der Waals surface area contributed by atoms with Crippen LogP contribution in [0.4, 0.5) is 0 Å².